The van der Waals surface area contributed by atoms with Gasteiger partial charge in [-0.05, 0) is 46.0 Å². The van der Waals surface area contributed by atoms with Crippen LogP contribution in [0.1, 0.15) is 46.5 Å². The van der Waals surface area contributed by atoms with Crippen molar-refractivity contribution in [1.82, 2.24) is 0 Å². The average molecular weight is 308 g/mol. The van der Waals surface area contributed by atoms with Crippen molar-refractivity contribution in [2.75, 3.05) is 6.61 Å². The zero-order valence-electron chi connectivity index (χ0n) is 13.4. The van der Waals surface area contributed by atoms with Crippen LogP contribution in [-0.4, -0.2) is 45.5 Å². The molecule has 0 aromatic carbocycles. The molecule has 0 radical (unpaired) electrons. The Hall–Kier alpha value is -0.910. The second kappa shape index (κ2) is 4.13. The Kier molecular flexibility index (Phi) is 2.76. The smallest absolute Gasteiger partial charge is 0.191 e. The molecule has 0 aromatic rings. The second-order valence-electron chi connectivity index (χ2n) is 8.23. The van der Waals surface area contributed by atoms with E-state index < -0.39 is 22.9 Å². The minimum Gasteiger partial charge on any atom is -0.488 e. The highest BCUT2D eigenvalue weighted by Gasteiger charge is 2.59. The molecular weight excluding hydrogens is 284 g/mol. The van der Waals surface area contributed by atoms with Crippen molar-refractivity contribution >= 4 is 5.78 Å². The summed E-state index contributed by atoms with van der Waals surface area (Å²) in [6, 6.07) is 0. The van der Waals surface area contributed by atoms with Gasteiger partial charge in [0.15, 0.2) is 5.78 Å². The van der Waals surface area contributed by atoms with Crippen molar-refractivity contribution in [3.63, 3.8) is 0 Å². The summed E-state index contributed by atoms with van der Waals surface area (Å²) in [6.07, 6.45) is 1.79. The molecular formula is C17H24O5. The molecule has 5 nitrogen and oxygen atoms in total. The highest BCUT2D eigenvalue weighted by molar-refractivity contribution is 6.01. The third kappa shape index (κ3) is 1.79. The van der Waals surface area contributed by atoms with Gasteiger partial charge in [-0.25, -0.2) is 0 Å². The van der Waals surface area contributed by atoms with Gasteiger partial charge in [0.05, 0.1) is 12.2 Å². The van der Waals surface area contributed by atoms with E-state index >= 15 is 0 Å². The van der Waals surface area contributed by atoms with Crippen LogP contribution in [0, 0.1) is 11.8 Å². The molecule has 122 valence electrons. The molecule has 0 spiro atoms. The second-order valence-corrected chi connectivity index (χ2v) is 8.23. The monoisotopic (exact) mass is 308 g/mol. The van der Waals surface area contributed by atoms with E-state index in [1.165, 1.54) is 0 Å². The zero-order chi connectivity index (χ0) is 15.9. The quantitative estimate of drug-likeness (QED) is 0.706. The molecule has 5 heteroatoms. The largest absolute Gasteiger partial charge is 0.488 e. The summed E-state index contributed by atoms with van der Waals surface area (Å²) >= 11 is 0. The fraction of sp³-hybridized carbons (Fsp3) is 0.824. The predicted octanol–water partition coefficient (Wildman–Crippen LogP) is 1.32. The Morgan fingerprint density at radius 1 is 1.18 bits per heavy atom. The highest BCUT2D eigenvalue weighted by Crippen LogP contribution is 2.55. The summed E-state index contributed by atoms with van der Waals surface area (Å²) in [7, 11) is 0. The number of carbonyl (C=O) groups is 1. The SMILES string of the molecule is CC1(C)OC2=C(C[C@H]3[C@H]1CC[C@@]3(C)O)C(=O)[C@@H]1C[C@@]2(O)CO1. The van der Waals surface area contributed by atoms with E-state index in [1.54, 1.807) is 0 Å². The molecule has 0 amide bonds. The predicted molar refractivity (Wildman–Crippen MR) is 78.0 cm³/mol. The van der Waals surface area contributed by atoms with Crippen LogP contribution in [0.4, 0.5) is 0 Å². The first-order valence-electron chi connectivity index (χ1n) is 8.17. The first-order valence-corrected chi connectivity index (χ1v) is 8.17. The van der Waals surface area contributed by atoms with E-state index in [4.69, 9.17) is 9.47 Å². The molecule has 1 saturated heterocycles. The van der Waals surface area contributed by atoms with Gasteiger partial charge in [-0.15, -0.1) is 0 Å². The number of carbonyl (C=O) groups excluding carboxylic acids is 1. The lowest BCUT2D eigenvalue weighted by molar-refractivity contribution is -0.125. The van der Waals surface area contributed by atoms with Gasteiger partial charge >= 0.3 is 0 Å². The molecule has 1 saturated carbocycles. The minimum absolute atomic E-state index is 0.0277. The van der Waals surface area contributed by atoms with E-state index in [-0.39, 0.29) is 30.6 Å². The molecule has 2 heterocycles. The lowest BCUT2D eigenvalue weighted by Gasteiger charge is -2.38. The van der Waals surface area contributed by atoms with E-state index in [0.717, 1.165) is 12.8 Å². The van der Waals surface area contributed by atoms with E-state index in [0.29, 0.717) is 17.8 Å². The Labute approximate surface area is 130 Å². The molecule has 4 aliphatic rings. The van der Waals surface area contributed by atoms with Crippen LogP contribution in [-0.2, 0) is 14.3 Å². The first-order chi connectivity index (χ1) is 10.1. The molecule has 22 heavy (non-hydrogen) atoms. The van der Waals surface area contributed by atoms with Crippen molar-refractivity contribution < 1.29 is 24.5 Å². The molecule has 2 N–H and O–H groups in total. The van der Waals surface area contributed by atoms with Crippen LogP contribution in [0.3, 0.4) is 0 Å². The number of fused-ring (bicyclic) bond motifs is 4. The van der Waals surface area contributed by atoms with Crippen LogP contribution in [0.15, 0.2) is 11.3 Å². The number of hydrogen-bond acceptors (Lipinski definition) is 5. The number of hydrogen-bond donors (Lipinski definition) is 2. The molecule has 0 unspecified atom stereocenters. The standard InChI is InChI=1S/C17H24O5/c1-15(2)10-4-5-16(3,19)11(10)6-9-13(18)12-7-17(20,8-21-12)14(9)22-15/h10-12,19-20H,4-8H2,1-3H3/t10-,11+,12+,16-,17-/m1/s1. The lowest BCUT2D eigenvalue weighted by Crippen LogP contribution is -2.43. The fourth-order valence-corrected chi connectivity index (χ4v) is 4.95. The van der Waals surface area contributed by atoms with Crippen molar-refractivity contribution in [3.8, 4) is 0 Å². The van der Waals surface area contributed by atoms with Crippen LogP contribution in [0.25, 0.3) is 0 Å². The fourth-order valence-electron chi connectivity index (χ4n) is 4.95. The van der Waals surface area contributed by atoms with E-state index in [9.17, 15) is 15.0 Å². The third-order valence-corrected chi connectivity index (χ3v) is 6.26. The maximum absolute atomic E-state index is 12.7. The average Bonchev–Trinajstić information content (AvgIpc) is 2.88. The van der Waals surface area contributed by atoms with Crippen LogP contribution in [0.5, 0.6) is 0 Å². The van der Waals surface area contributed by atoms with E-state index in [2.05, 4.69) is 0 Å². The highest BCUT2D eigenvalue weighted by atomic mass is 16.5. The molecule has 0 aromatic heterocycles. The van der Waals surface area contributed by atoms with Gasteiger partial charge in [0.2, 0.25) is 0 Å². The van der Waals surface area contributed by atoms with Gasteiger partial charge < -0.3 is 19.7 Å². The normalized spacial score (nSPS) is 49.5. The number of rotatable bonds is 0. The van der Waals surface area contributed by atoms with E-state index in [1.807, 2.05) is 20.8 Å². The first kappa shape index (κ1) is 14.7. The molecule has 4 rings (SSSR count). The van der Waals surface area contributed by atoms with Crippen molar-refractivity contribution in [3.05, 3.63) is 11.3 Å². The topological polar surface area (TPSA) is 76.0 Å². The van der Waals surface area contributed by atoms with Crippen LogP contribution < -0.4 is 0 Å². The molecule has 2 aliphatic heterocycles. The summed E-state index contributed by atoms with van der Waals surface area (Å²) in [5, 5.41) is 21.6. The van der Waals surface area contributed by atoms with Gasteiger partial charge in [-0.1, -0.05) is 0 Å². The van der Waals surface area contributed by atoms with Crippen LogP contribution in [0.2, 0.25) is 0 Å². The lowest BCUT2D eigenvalue weighted by atomic mass is 9.74. The summed E-state index contributed by atoms with van der Waals surface area (Å²) in [6.45, 7) is 5.96. The molecule has 2 fully saturated rings. The summed E-state index contributed by atoms with van der Waals surface area (Å²) in [5.41, 5.74) is -1.96. The number of Topliss-reactive ketones (excluding diaryl/α,β-unsaturated/α-hetero) is 1. The Morgan fingerprint density at radius 3 is 2.64 bits per heavy atom. The number of ether oxygens (including phenoxy) is 2. The molecule has 2 aliphatic carbocycles. The summed E-state index contributed by atoms with van der Waals surface area (Å²) < 4.78 is 11.7. The maximum Gasteiger partial charge on any atom is 0.191 e. The summed E-state index contributed by atoms with van der Waals surface area (Å²) in [5.74, 6) is 0.474. The molecule has 5 atom stereocenters. The van der Waals surface area contributed by atoms with Gasteiger partial charge in [-0.2, -0.15) is 0 Å². The minimum atomic E-state index is -1.18. The Bertz CT molecular complexity index is 576. The Balaban J connectivity index is 1.84. The Morgan fingerprint density at radius 2 is 1.91 bits per heavy atom. The van der Waals surface area contributed by atoms with Crippen molar-refractivity contribution in [1.29, 1.82) is 0 Å². The van der Waals surface area contributed by atoms with Crippen LogP contribution >= 0.6 is 0 Å². The number of ketones is 1. The van der Waals surface area contributed by atoms with Gasteiger partial charge in [0.1, 0.15) is 23.1 Å². The van der Waals surface area contributed by atoms with Gasteiger partial charge in [-0.3, -0.25) is 4.79 Å². The number of aliphatic hydroxyl groups is 2. The van der Waals surface area contributed by atoms with Crippen molar-refractivity contribution in [2.45, 2.75) is 69.4 Å². The zero-order valence-corrected chi connectivity index (χ0v) is 13.4. The third-order valence-electron chi connectivity index (χ3n) is 6.26. The summed E-state index contributed by atoms with van der Waals surface area (Å²) in [4.78, 5) is 12.7. The van der Waals surface area contributed by atoms with Crippen molar-refractivity contribution in [2.24, 2.45) is 11.8 Å². The van der Waals surface area contributed by atoms with Gasteiger partial charge in [0.25, 0.3) is 0 Å². The molecule has 2 bridgehead atoms. The van der Waals surface area contributed by atoms with Gasteiger partial charge in [0, 0.05) is 17.9 Å². The maximum atomic E-state index is 12.7.